The molecule has 0 spiro atoms. The third-order valence-electron chi connectivity index (χ3n) is 7.38. The second kappa shape index (κ2) is 6.93. The molecule has 0 saturated heterocycles. The van der Waals surface area contributed by atoms with Gasteiger partial charge in [-0.1, -0.05) is 41.4 Å². The molecule has 0 radical (unpaired) electrons. The van der Waals surface area contributed by atoms with Crippen LogP contribution in [-0.4, -0.2) is 22.0 Å². The molecule has 0 unspecified atom stereocenters. The van der Waals surface area contributed by atoms with Gasteiger partial charge in [0.15, 0.2) is 17.6 Å². The van der Waals surface area contributed by atoms with E-state index in [1.807, 2.05) is 12.1 Å². The smallest absolute Gasteiger partial charge is 0.201 e. The molecule has 3 saturated carbocycles. The van der Waals surface area contributed by atoms with Gasteiger partial charge in [0.05, 0.1) is 12.3 Å². The zero-order valence-corrected chi connectivity index (χ0v) is 18.6. The fourth-order valence-corrected chi connectivity index (χ4v) is 6.06. The molecule has 5 nitrogen and oxygen atoms in total. The Hall–Kier alpha value is -2.63. The number of oxazole rings is 1. The molecule has 164 valence electrons. The fraction of sp³-hybridized carbons (Fsp3) is 0.385. The molecule has 2 heterocycles. The number of carbonyl (C=O) groups is 1. The van der Waals surface area contributed by atoms with E-state index in [1.165, 1.54) is 5.56 Å². The van der Waals surface area contributed by atoms with Crippen molar-refractivity contribution in [3.8, 4) is 17.1 Å². The van der Waals surface area contributed by atoms with Gasteiger partial charge in [0, 0.05) is 34.4 Å². The Kier molecular flexibility index (Phi) is 4.33. The fourth-order valence-electron chi connectivity index (χ4n) is 5.88. The van der Waals surface area contributed by atoms with Crippen LogP contribution in [0.5, 0.6) is 5.75 Å². The second-order valence-electron chi connectivity index (χ2n) is 9.89. The van der Waals surface area contributed by atoms with Crippen molar-refractivity contribution in [1.29, 1.82) is 0 Å². The standard InChI is InChI=1S/C26H24ClNO4/c1-15-2-4-16(5-3-15)23-11-28-24(32-23)26-12-25(13-26,14-26)10-20(30)22-9-19(29)18-8-17(27)6-7-21(18)31-22/h2-8,11,19,22,29H,9-10,12-14H2,1H3/t19-,22+,25?,26?/m1/s1. The average Bonchev–Trinajstić information content (AvgIpc) is 3.20. The van der Waals surface area contributed by atoms with Crippen molar-refractivity contribution in [1.82, 2.24) is 4.98 Å². The summed E-state index contributed by atoms with van der Waals surface area (Å²) >= 11 is 6.02. The van der Waals surface area contributed by atoms with Gasteiger partial charge in [-0.25, -0.2) is 4.98 Å². The molecule has 2 aromatic carbocycles. The lowest BCUT2D eigenvalue weighted by Crippen LogP contribution is -2.65. The highest BCUT2D eigenvalue weighted by Gasteiger charge is 2.71. The molecule has 7 rings (SSSR count). The van der Waals surface area contributed by atoms with Crippen LogP contribution in [0.4, 0.5) is 0 Å². The number of fused-ring (bicyclic) bond motifs is 1. The number of aryl methyl sites for hydroxylation is 1. The van der Waals surface area contributed by atoms with Gasteiger partial charge < -0.3 is 14.3 Å². The molecule has 1 aromatic heterocycles. The third kappa shape index (κ3) is 3.10. The number of rotatable bonds is 5. The number of ether oxygens (including phenoxy) is 1. The maximum absolute atomic E-state index is 13.0. The summed E-state index contributed by atoms with van der Waals surface area (Å²) in [6.07, 6.45) is 3.95. The van der Waals surface area contributed by atoms with Crippen molar-refractivity contribution in [2.45, 2.75) is 56.7 Å². The Morgan fingerprint density at radius 3 is 2.69 bits per heavy atom. The maximum Gasteiger partial charge on any atom is 0.201 e. The van der Waals surface area contributed by atoms with Crippen molar-refractivity contribution in [2.24, 2.45) is 5.41 Å². The van der Waals surface area contributed by atoms with Gasteiger partial charge in [0.2, 0.25) is 5.89 Å². The first-order valence-electron chi connectivity index (χ1n) is 11.1. The third-order valence-corrected chi connectivity index (χ3v) is 7.62. The summed E-state index contributed by atoms with van der Waals surface area (Å²) < 4.78 is 12.0. The van der Waals surface area contributed by atoms with E-state index in [2.05, 4.69) is 24.0 Å². The van der Waals surface area contributed by atoms with Crippen molar-refractivity contribution in [3.05, 3.63) is 70.7 Å². The van der Waals surface area contributed by atoms with Crippen LogP contribution in [0.25, 0.3) is 11.3 Å². The lowest BCUT2D eigenvalue weighted by Gasteiger charge is -2.69. The zero-order chi connectivity index (χ0) is 22.1. The Balaban J connectivity index is 1.10. The molecule has 32 heavy (non-hydrogen) atoms. The number of hydrogen-bond donors (Lipinski definition) is 1. The van der Waals surface area contributed by atoms with Crippen LogP contribution >= 0.6 is 11.6 Å². The first-order chi connectivity index (χ1) is 15.3. The van der Waals surface area contributed by atoms with Crippen LogP contribution < -0.4 is 4.74 Å². The summed E-state index contributed by atoms with van der Waals surface area (Å²) in [6, 6.07) is 13.4. The van der Waals surface area contributed by atoms with Crippen LogP contribution in [-0.2, 0) is 10.2 Å². The topological polar surface area (TPSA) is 72.6 Å². The number of carbonyl (C=O) groups excluding carboxylic acids is 1. The first kappa shape index (κ1) is 20.0. The predicted octanol–water partition coefficient (Wildman–Crippen LogP) is 5.57. The van der Waals surface area contributed by atoms with E-state index in [9.17, 15) is 9.90 Å². The summed E-state index contributed by atoms with van der Waals surface area (Å²) in [6.45, 7) is 2.06. The first-order valence-corrected chi connectivity index (χ1v) is 11.4. The van der Waals surface area contributed by atoms with Crippen LogP contribution in [0.1, 0.15) is 55.2 Å². The van der Waals surface area contributed by atoms with Crippen molar-refractivity contribution in [2.75, 3.05) is 0 Å². The molecule has 0 amide bonds. The Morgan fingerprint density at radius 1 is 1.19 bits per heavy atom. The summed E-state index contributed by atoms with van der Waals surface area (Å²) in [5.41, 5.74) is 2.88. The van der Waals surface area contributed by atoms with Crippen LogP contribution in [0, 0.1) is 12.3 Å². The molecule has 1 aliphatic heterocycles. The van der Waals surface area contributed by atoms with Crippen LogP contribution in [0.3, 0.4) is 0 Å². The van der Waals surface area contributed by atoms with E-state index >= 15 is 0 Å². The van der Waals surface area contributed by atoms with Crippen molar-refractivity contribution >= 4 is 17.4 Å². The minimum Gasteiger partial charge on any atom is -0.482 e. The van der Waals surface area contributed by atoms with E-state index in [4.69, 9.17) is 20.8 Å². The number of Topliss-reactive ketones (excluding diaryl/α,β-unsaturated/α-hetero) is 1. The molecule has 3 fully saturated rings. The highest BCUT2D eigenvalue weighted by molar-refractivity contribution is 6.30. The SMILES string of the molecule is Cc1ccc(-c2cnc(C34CC(CC(=O)[C@@H]5C[C@@H](O)c6cc(Cl)ccc6O5)(C3)C4)o2)cc1. The molecule has 2 bridgehead atoms. The monoisotopic (exact) mass is 449 g/mol. The molecular formula is C26H24ClNO4. The van der Waals surface area contributed by atoms with E-state index < -0.39 is 12.2 Å². The molecule has 6 heteroatoms. The lowest BCUT2D eigenvalue weighted by molar-refractivity contribution is -0.171. The summed E-state index contributed by atoms with van der Waals surface area (Å²) in [4.78, 5) is 17.6. The molecule has 3 aliphatic carbocycles. The predicted molar refractivity (Wildman–Crippen MR) is 120 cm³/mol. The van der Waals surface area contributed by atoms with Crippen molar-refractivity contribution < 1.29 is 19.1 Å². The highest BCUT2D eigenvalue weighted by Crippen LogP contribution is 2.75. The second-order valence-corrected chi connectivity index (χ2v) is 10.3. The van der Waals surface area contributed by atoms with Crippen LogP contribution in [0.15, 0.2) is 53.1 Å². The Bertz CT molecular complexity index is 1200. The highest BCUT2D eigenvalue weighted by atomic mass is 35.5. The van der Waals surface area contributed by atoms with E-state index in [0.717, 1.165) is 36.5 Å². The number of hydrogen-bond acceptors (Lipinski definition) is 5. The van der Waals surface area contributed by atoms with E-state index in [0.29, 0.717) is 22.8 Å². The largest absolute Gasteiger partial charge is 0.482 e. The summed E-state index contributed by atoms with van der Waals surface area (Å²) in [5.74, 6) is 2.19. The summed E-state index contributed by atoms with van der Waals surface area (Å²) in [5, 5.41) is 11.0. The summed E-state index contributed by atoms with van der Waals surface area (Å²) in [7, 11) is 0. The number of halogens is 1. The lowest BCUT2D eigenvalue weighted by atomic mass is 9.34. The number of aliphatic hydroxyl groups is 1. The van der Waals surface area contributed by atoms with E-state index in [1.54, 1.807) is 24.4 Å². The van der Waals surface area contributed by atoms with Gasteiger partial charge in [-0.3, -0.25) is 4.79 Å². The molecular weight excluding hydrogens is 426 g/mol. The molecule has 1 N–H and O–H groups in total. The van der Waals surface area contributed by atoms with Gasteiger partial charge in [0.25, 0.3) is 0 Å². The van der Waals surface area contributed by atoms with Gasteiger partial charge in [-0.2, -0.15) is 0 Å². The maximum atomic E-state index is 13.0. The zero-order valence-electron chi connectivity index (χ0n) is 17.8. The van der Waals surface area contributed by atoms with Gasteiger partial charge in [-0.05, 0) is 49.8 Å². The minimum atomic E-state index is -0.738. The Labute approximate surface area is 191 Å². The minimum absolute atomic E-state index is 0.0180. The number of nitrogens with zero attached hydrogens (tertiary/aromatic N) is 1. The number of aliphatic hydroxyl groups excluding tert-OH is 1. The van der Waals surface area contributed by atoms with Gasteiger partial charge >= 0.3 is 0 Å². The normalized spacial score (nSPS) is 30.0. The quantitative estimate of drug-likeness (QED) is 0.551. The van der Waals surface area contributed by atoms with E-state index in [-0.39, 0.29) is 23.0 Å². The van der Waals surface area contributed by atoms with Crippen molar-refractivity contribution in [3.63, 3.8) is 0 Å². The average molecular weight is 450 g/mol. The van der Waals surface area contributed by atoms with Gasteiger partial charge in [-0.15, -0.1) is 0 Å². The van der Waals surface area contributed by atoms with Crippen LogP contribution in [0.2, 0.25) is 5.02 Å². The molecule has 4 aliphatic rings. The number of ketones is 1. The molecule has 3 aromatic rings. The van der Waals surface area contributed by atoms with Gasteiger partial charge in [0.1, 0.15) is 5.75 Å². The number of aromatic nitrogens is 1. The molecule has 2 atom stereocenters. The Morgan fingerprint density at radius 2 is 1.94 bits per heavy atom. The number of benzene rings is 2.